The molecule has 0 spiro atoms. The second-order valence-corrected chi connectivity index (χ2v) is 5.13. The smallest absolute Gasteiger partial charge is 0.123 e. The van der Waals surface area contributed by atoms with Crippen LogP contribution in [0.3, 0.4) is 0 Å². The number of allylic oxidation sites excluding steroid dienone is 1. The van der Waals surface area contributed by atoms with Gasteiger partial charge in [0.2, 0.25) is 0 Å². The van der Waals surface area contributed by atoms with Crippen LogP contribution < -0.4 is 5.32 Å². The first-order valence-corrected chi connectivity index (χ1v) is 6.85. The lowest BCUT2D eigenvalue weighted by Gasteiger charge is -2.19. The van der Waals surface area contributed by atoms with Crippen molar-refractivity contribution in [2.45, 2.75) is 26.3 Å². The van der Waals surface area contributed by atoms with Crippen molar-refractivity contribution in [2.24, 2.45) is 0 Å². The summed E-state index contributed by atoms with van der Waals surface area (Å²) in [7, 11) is 0. The van der Waals surface area contributed by atoms with Gasteiger partial charge in [-0.2, -0.15) is 0 Å². The molecular weight excluding hydrogens is 249 g/mol. The molecule has 1 atom stereocenters. The van der Waals surface area contributed by atoms with Crippen molar-refractivity contribution in [2.75, 3.05) is 5.32 Å². The largest absolute Gasteiger partial charge is 0.378 e. The maximum atomic E-state index is 13.0. The summed E-state index contributed by atoms with van der Waals surface area (Å²) < 4.78 is 13.0. The summed E-state index contributed by atoms with van der Waals surface area (Å²) in [6.45, 7) is 4.19. The minimum absolute atomic E-state index is 0.191. The Morgan fingerprint density at radius 3 is 2.30 bits per heavy atom. The molecule has 0 saturated carbocycles. The van der Waals surface area contributed by atoms with E-state index in [-0.39, 0.29) is 11.9 Å². The molecule has 0 fully saturated rings. The van der Waals surface area contributed by atoms with Crippen LogP contribution >= 0.6 is 0 Å². The van der Waals surface area contributed by atoms with E-state index in [9.17, 15) is 4.39 Å². The second-order valence-electron chi connectivity index (χ2n) is 5.13. The van der Waals surface area contributed by atoms with Crippen LogP contribution in [-0.4, -0.2) is 0 Å². The van der Waals surface area contributed by atoms with Crippen LogP contribution in [0, 0.1) is 5.82 Å². The molecule has 0 amide bonds. The van der Waals surface area contributed by atoms with Crippen molar-refractivity contribution in [3.8, 4) is 0 Å². The van der Waals surface area contributed by atoms with E-state index in [0.717, 1.165) is 12.1 Å². The average molecular weight is 269 g/mol. The number of nitrogens with one attached hydrogen (secondary N) is 1. The van der Waals surface area contributed by atoms with Gasteiger partial charge >= 0.3 is 0 Å². The molecule has 20 heavy (non-hydrogen) atoms. The number of hydrogen-bond acceptors (Lipinski definition) is 1. The predicted octanol–water partition coefficient (Wildman–Crippen LogP) is 5.34. The molecule has 1 unspecified atom stereocenters. The summed E-state index contributed by atoms with van der Waals surface area (Å²) >= 11 is 0. The second kappa shape index (κ2) is 6.90. The minimum atomic E-state index is -0.212. The Labute approximate surface area is 120 Å². The molecule has 2 rings (SSSR count). The number of hydrogen-bond donors (Lipinski definition) is 1. The molecule has 0 aliphatic carbocycles. The van der Waals surface area contributed by atoms with Crippen molar-refractivity contribution < 1.29 is 4.39 Å². The number of halogens is 1. The van der Waals surface area contributed by atoms with Crippen molar-refractivity contribution in [1.82, 2.24) is 0 Å². The molecule has 1 N–H and O–H groups in total. The van der Waals surface area contributed by atoms with Crippen LogP contribution in [0.1, 0.15) is 31.9 Å². The van der Waals surface area contributed by atoms with Crippen LogP contribution in [0.4, 0.5) is 10.1 Å². The van der Waals surface area contributed by atoms with Gasteiger partial charge in [0.15, 0.2) is 0 Å². The molecule has 0 saturated heterocycles. The molecular formula is C18H20FN. The Hall–Kier alpha value is -2.09. The summed E-state index contributed by atoms with van der Waals surface area (Å²) in [5.74, 6) is -0.212. The zero-order chi connectivity index (χ0) is 14.4. The third-order valence-corrected chi connectivity index (χ3v) is 3.15. The topological polar surface area (TPSA) is 12.0 Å². The molecule has 2 aromatic rings. The van der Waals surface area contributed by atoms with E-state index >= 15 is 0 Å². The Bertz CT molecular complexity index is 554. The Balaban J connectivity index is 2.18. The molecule has 0 radical (unpaired) electrons. The van der Waals surface area contributed by atoms with Gasteiger partial charge in [-0.15, -0.1) is 0 Å². The van der Waals surface area contributed by atoms with Gasteiger partial charge < -0.3 is 5.32 Å². The van der Waals surface area contributed by atoms with Gasteiger partial charge in [-0.25, -0.2) is 4.39 Å². The minimum Gasteiger partial charge on any atom is -0.378 e. The van der Waals surface area contributed by atoms with Crippen LogP contribution in [0.5, 0.6) is 0 Å². The third kappa shape index (κ3) is 4.23. The van der Waals surface area contributed by atoms with E-state index in [1.165, 1.54) is 23.3 Å². The van der Waals surface area contributed by atoms with Crippen molar-refractivity contribution >= 4 is 5.69 Å². The van der Waals surface area contributed by atoms with Crippen LogP contribution in [0.25, 0.3) is 0 Å². The van der Waals surface area contributed by atoms with Gasteiger partial charge in [0.1, 0.15) is 5.82 Å². The monoisotopic (exact) mass is 269 g/mol. The van der Waals surface area contributed by atoms with Crippen molar-refractivity contribution in [3.63, 3.8) is 0 Å². The first-order valence-electron chi connectivity index (χ1n) is 6.85. The summed E-state index contributed by atoms with van der Waals surface area (Å²) in [5, 5.41) is 3.47. The maximum absolute atomic E-state index is 13.0. The molecule has 0 aromatic heterocycles. The van der Waals surface area contributed by atoms with Gasteiger partial charge in [-0.1, -0.05) is 42.0 Å². The fourth-order valence-corrected chi connectivity index (χ4v) is 2.06. The van der Waals surface area contributed by atoms with Gasteiger partial charge in [0.25, 0.3) is 0 Å². The molecule has 2 heteroatoms. The zero-order valence-corrected chi connectivity index (χ0v) is 11.9. The summed E-state index contributed by atoms with van der Waals surface area (Å²) in [6.07, 6.45) is 3.12. The van der Waals surface area contributed by atoms with Gasteiger partial charge in [-0.3, -0.25) is 0 Å². The zero-order valence-electron chi connectivity index (χ0n) is 11.9. The SMILES string of the molecule is CC(C)=CCC(Nc1ccc(F)cc1)c1ccccc1. The molecule has 104 valence electrons. The Morgan fingerprint density at radius 1 is 1.05 bits per heavy atom. The van der Waals surface area contributed by atoms with Crippen molar-refractivity contribution in [1.29, 1.82) is 0 Å². The fourth-order valence-electron chi connectivity index (χ4n) is 2.06. The summed E-state index contributed by atoms with van der Waals surface area (Å²) in [6, 6.07) is 17.0. The first kappa shape index (κ1) is 14.3. The number of anilines is 1. The molecule has 1 nitrogen and oxygen atoms in total. The quantitative estimate of drug-likeness (QED) is 0.723. The van der Waals surface area contributed by atoms with Crippen LogP contribution in [-0.2, 0) is 0 Å². The third-order valence-electron chi connectivity index (χ3n) is 3.15. The van der Waals surface area contributed by atoms with E-state index in [2.05, 4.69) is 37.4 Å². The lowest BCUT2D eigenvalue weighted by Crippen LogP contribution is -2.10. The van der Waals surface area contributed by atoms with Gasteiger partial charge in [0, 0.05) is 5.69 Å². The lowest BCUT2D eigenvalue weighted by molar-refractivity contribution is 0.628. The normalized spacial score (nSPS) is 11.8. The average Bonchev–Trinajstić information content (AvgIpc) is 2.46. The Kier molecular flexibility index (Phi) is 4.94. The standard InChI is InChI=1S/C18H20FN/c1-14(2)8-13-18(15-6-4-3-5-7-15)20-17-11-9-16(19)10-12-17/h3-12,18,20H,13H2,1-2H3. The Morgan fingerprint density at radius 2 is 1.70 bits per heavy atom. The van der Waals surface area contributed by atoms with Crippen molar-refractivity contribution in [3.05, 3.63) is 77.6 Å². The predicted molar refractivity (Wildman–Crippen MR) is 83.3 cm³/mol. The molecule has 0 aliphatic rings. The van der Waals surface area contributed by atoms with Crippen LogP contribution in [0.2, 0.25) is 0 Å². The van der Waals surface area contributed by atoms with E-state index in [0.29, 0.717) is 0 Å². The molecule has 2 aromatic carbocycles. The summed E-state index contributed by atoms with van der Waals surface area (Å²) in [5.41, 5.74) is 3.46. The summed E-state index contributed by atoms with van der Waals surface area (Å²) in [4.78, 5) is 0. The van der Waals surface area contributed by atoms with E-state index < -0.39 is 0 Å². The highest BCUT2D eigenvalue weighted by Crippen LogP contribution is 2.23. The number of benzene rings is 2. The molecule has 0 bridgehead atoms. The lowest BCUT2D eigenvalue weighted by atomic mass is 10.0. The van der Waals surface area contributed by atoms with Crippen LogP contribution in [0.15, 0.2) is 66.2 Å². The fraction of sp³-hybridized carbons (Fsp3) is 0.222. The van der Waals surface area contributed by atoms with E-state index in [1.54, 1.807) is 12.1 Å². The first-order chi connectivity index (χ1) is 9.65. The number of rotatable bonds is 5. The highest BCUT2D eigenvalue weighted by molar-refractivity contribution is 5.45. The highest BCUT2D eigenvalue weighted by Gasteiger charge is 2.09. The van der Waals surface area contributed by atoms with E-state index in [4.69, 9.17) is 0 Å². The molecule has 0 heterocycles. The highest BCUT2D eigenvalue weighted by atomic mass is 19.1. The van der Waals surface area contributed by atoms with E-state index in [1.807, 2.05) is 18.2 Å². The molecule has 0 aliphatic heterocycles. The van der Waals surface area contributed by atoms with Gasteiger partial charge in [0.05, 0.1) is 6.04 Å². The van der Waals surface area contributed by atoms with Gasteiger partial charge in [-0.05, 0) is 50.1 Å². The maximum Gasteiger partial charge on any atom is 0.123 e.